The zero-order valence-electron chi connectivity index (χ0n) is 13.3. The number of aromatic nitrogens is 2. The van der Waals surface area contributed by atoms with Gasteiger partial charge in [-0.2, -0.15) is 5.10 Å². The summed E-state index contributed by atoms with van der Waals surface area (Å²) in [7, 11) is 0. The van der Waals surface area contributed by atoms with Crippen LogP contribution in [0.4, 0.5) is 0 Å². The molecule has 1 aromatic rings. The van der Waals surface area contributed by atoms with Crippen molar-refractivity contribution in [1.82, 2.24) is 14.7 Å². The minimum absolute atomic E-state index is 0.586. The quantitative estimate of drug-likeness (QED) is 0.835. The summed E-state index contributed by atoms with van der Waals surface area (Å²) in [4.78, 5) is 2.55. The molecule has 3 rings (SSSR count). The van der Waals surface area contributed by atoms with E-state index in [-0.39, 0.29) is 0 Å². The lowest BCUT2D eigenvalue weighted by atomic mass is 9.82. The third-order valence-electron chi connectivity index (χ3n) is 5.22. The summed E-state index contributed by atoms with van der Waals surface area (Å²) >= 11 is 0. The van der Waals surface area contributed by atoms with E-state index in [0.29, 0.717) is 6.04 Å². The van der Waals surface area contributed by atoms with Crippen LogP contribution in [0.2, 0.25) is 0 Å². The van der Waals surface area contributed by atoms with Gasteiger partial charge in [0.15, 0.2) is 0 Å². The first-order chi connectivity index (χ1) is 10.3. The number of rotatable bonds is 5. The molecular weight excluding hydrogens is 262 g/mol. The molecule has 1 aromatic heterocycles. The van der Waals surface area contributed by atoms with Gasteiger partial charge in [0.2, 0.25) is 0 Å². The van der Waals surface area contributed by atoms with Crippen LogP contribution in [0, 0.1) is 12.8 Å². The summed E-state index contributed by atoms with van der Waals surface area (Å²) in [5.41, 5.74) is 1.31. The van der Waals surface area contributed by atoms with Crippen LogP contribution < -0.4 is 0 Å². The zero-order chi connectivity index (χ0) is 14.5. The van der Waals surface area contributed by atoms with Gasteiger partial charge in [0, 0.05) is 31.5 Å². The number of nitrogens with zero attached hydrogens (tertiary/aromatic N) is 3. The molecule has 0 spiro atoms. The van der Waals surface area contributed by atoms with Gasteiger partial charge in [-0.3, -0.25) is 9.58 Å². The second-order valence-electron chi connectivity index (χ2n) is 6.63. The predicted molar refractivity (Wildman–Crippen MR) is 84.5 cm³/mol. The Kier molecular flexibility index (Phi) is 5.31. The van der Waals surface area contributed by atoms with Crippen molar-refractivity contribution in [2.24, 2.45) is 5.92 Å². The van der Waals surface area contributed by atoms with Gasteiger partial charge < -0.3 is 4.74 Å². The lowest BCUT2D eigenvalue weighted by molar-refractivity contribution is 0.0333. The number of morpholine rings is 1. The van der Waals surface area contributed by atoms with Gasteiger partial charge in [0.1, 0.15) is 0 Å². The maximum Gasteiger partial charge on any atom is 0.0594 e. The second kappa shape index (κ2) is 7.41. The van der Waals surface area contributed by atoms with E-state index >= 15 is 0 Å². The summed E-state index contributed by atoms with van der Waals surface area (Å²) in [5.74, 6) is 0.818. The van der Waals surface area contributed by atoms with Crippen LogP contribution in [-0.2, 0) is 4.74 Å². The van der Waals surface area contributed by atoms with Crippen LogP contribution in [0.25, 0.3) is 0 Å². The highest BCUT2D eigenvalue weighted by Crippen LogP contribution is 2.35. The Morgan fingerprint density at radius 3 is 2.67 bits per heavy atom. The van der Waals surface area contributed by atoms with Crippen molar-refractivity contribution < 1.29 is 4.74 Å². The standard InChI is InChI=1S/C17H29N3O/c1-15-7-9-18-20(15)17(16-5-3-2-4-6-16)8-10-19-11-13-21-14-12-19/h7,9,16-17H,2-6,8,10-14H2,1H3. The highest BCUT2D eigenvalue weighted by Gasteiger charge is 2.27. The Morgan fingerprint density at radius 2 is 2.00 bits per heavy atom. The summed E-state index contributed by atoms with van der Waals surface area (Å²) in [6.07, 6.45) is 10.2. The van der Waals surface area contributed by atoms with Crippen molar-refractivity contribution in [3.63, 3.8) is 0 Å². The maximum atomic E-state index is 5.45. The number of hydrogen-bond donors (Lipinski definition) is 0. The molecular formula is C17H29N3O. The highest BCUT2D eigenvalue weighted by atomic mass is 16.5. The van der Waals surface area contributed by atoms with Crippen molar-refractivity contribution in [3.05, 3.63) is 18.0 Å². The summed E-state index contributed by atoms with van der Waals surface area (Å²) < 4.78 is 7.76. The average Bonchev–Trinajstić information content (AvgIpc) is 2.96. The largest absolute Gasteiger partial charge is 0.379 e. The Hall–Kier alpha value is -0.870. The normalized spacial score (nSPS) is 23.3. The van der Waals surface area contributed by atoms with Crippen molar-refractivity contribution in [3.8, 4) is 0 Å². The maximum absolute atomic E-state index is 5.45. The molecule has 1 unspecified atom stereocenters. The minimum atomic E-state index is 0.586. The Balaban J connectivity index is 1.65. The van der Waals surface area contributed by atoms with E-state index in [2.05, 4.69) is 27.7 Å². The molecule has 0 amide bonds. The van der Waals surface area contributed by atoms with Crippen LogP contribution in [0.3, 0.4) is 0 Å². The fourth-order valence-electron chi connectivity index (χ4n) is 3.94. The Labute approximate surface area is 128 Å². The van der Waals surface area contributed by atoms with Crippen molar-refractivity contribution in [2.45, 2.75) is 51.5 Å². The van der Waals surface area contributed by atoms with Gasteiger partial charge in [0.25, 0.3) is 0 Å². The predicted octanol–water partition coefficient (Wildman–Crippen LogP) is 3.04. The van der Waals surface area contributed by atoms with Crippen molar-refractivity contribution in [1.29, 1.82) is 0 Å². The molecule has 118 valence electrons. The fraction of sp³-hybridized carbons (Fsp3) is 0.824. The molecule has 2 aliphatic rings. The first-order valence-electron chi connectivity index (χ1n) is 8.65. The van der Waals surface area contributed by atoms with Crippen LogP contribution in [0.5, 0.6) is 0 Å². The van der Waals surface area contributed by atoms with E-state index in [1.165, 1.54) is 50.8 Å². The Morgan fingerprint density at radius 1 is 1.24 bits per heavy atom. The van der Waals surface area contributed by atoms with E-state index in [1.807, 2.05) is 6.20 Å². The molecule has 2 fully saturated rings. The highest BCUT2D eigenvalue weighted by molar-refractivity contribution is 4.99. The molecule has 21 heavy (non-hydrogen) atoms. The molecule has 1 aliphatic heterocycles. The van der Waals surface area contributed by atoms with Crippen LogP contribution in [0.1, 0.15) is 50.3 Å². The third kappa shape index (κ3) is 3.86. The first kappa shape index (κ1) is 15.0. The lowest BCUT2D eigenvalue weighted by Crippen LogP contribution is -2.38. The molecule has 1 aliphatic carbocycles. The average molecular weight is 291 g/mol. The van der Waals surface area contributed by atoms with E-state index in [4.69, 9.17) is 4.74 Å². The van der Waals surface area contributed by atoms with E-state index in [1.54, 1.807) is 0 Å². The SMILES string of the molecule is Cc1ccnn1C(CCN1CCOCC1)C1CCCCC1. The number of aryl methyl sites for hydroxylation is 1. The minimum Gasteiger partial charge on any atom is -0.379 e. The molecule has 2 heterocycles. The van der Waals surface area contributed by atoms with Gasteiger partial charge in [0.05, 0.1) is 19.3 Å². The molecule has 4 heteroatoms. The fourth-order valence-corrected chi connectivity index (χ4v) is 3.94. The topological polar surface area (TPSA) is 30.3 Å². The van der Waals surface area contributed by atoms with Gasteiger partial charge in [-0.1, -0.05) is 19.3 Å². The van der Waals surface area contributed by atoms with Crippen LogP contribution in [0.15, 0.2) is 12.3 Å². The summed E-state index contributed by atoms with van der Waals surface area (Å²) in [5, 5.41) is 4.63. The van der Waals surface area contributed by atoms with Crippen molar-refractivity contribution >= 4 is 0 Å². The molecule has 4 nitrogen and oxygen atoms in total. The summed E-state index contributed by atoms with van der Waals surface area (Å²) in [6.45, 7) is 7.36. The summed E-state index contributed by atoms with van der Waals surface area (Å²) in [6, 6.07) is 2.73. The monoisotopic (exact) mass is 291 g/mol. The van der Waals surface area contributed by atoms with Gasteiger partial charge in [-0.15, -0.1) is 0 Å². The number of hydrogen-bond acceptors (Lipinski definition) is 3. The molecule has 0 aromatic carbocycles. The van der Waals surface area contributed by atoms with E-state index in [9.17, 15) is 0 Å². The lowest BCUT2D eigenvalue weighted by Gasteiger charge is -2.34. The molecule has 0 radical (unpaired) electrons. The Bertz CT molecular complexity index is 419. The van der Waals surface area contributed by atoms with Gasteiger partial charge in [-0.05, 0) is 38.2 Å². The molecule has 1 saturated carbocycles. The van der Waals surface area contributed by atoms with Crippen LogP contribution in [-0.4, -0.2) is 47.5 Å². The molecule has 0 bridgehead atoms. The molecule has 1 saturated heterocycles. The van der Waals surface area contributed by atoms with Crippen molar-refractivity contribution in [2.75, 3.05) is 32.8 Å². The second-order valence-corrected chi connectivity index (χ2v) is 6.63. The third-order valence-corrected chi connectivity index (χ3v) is 5.22. The first-order valence-corrected chi connectivity index (χ1v) is 8.65. The molecule has 1 atom stereocenters. The van der Waals surface area contributed by atoms with Crippen LogP contribution >= 0.6 is 0 Å². The van der Waals surface area contributed by atoms with Gasteiger partial charge in [-0.25, -0.2) is 0 Å². The number of ether oxygens (including phenoxy) is 1. The van der Waals surface area contributed by atoms with Gasteiger partial charge >= 0.3 is 0 Å². The smallest absolute Gasteiger partial charge is 0.0594 e. The zero-order valence-corrected chi connectivity index (χ0v) is 13.3. The van der Waals surface area contributed by atoms with E-state index in [0.717, 1.165) is 32.2 Å². The van der Waals surface area contributed by atoms with E-state index < -0.39 is 0 Å². The molecule has 0 N–H and O–H groups in total.